The fourth-order valence-corrected chi connectivity index (χ4v) is 4.01. The van der Waals surface area contributed by atoms with E-state index in [4.69, 9.17) is 4.74 Å². The van der Waals surface area contributed by atoms with Crippen LogP contribution in [0.2, 0.25) is 0 Å². The first kappa shape index (κ1) is 12.0. The van der Waals surface area contributed by atoms with Gasteiger partial charge in [-0.15, -0.1) is 11.8 Å². The van der Waals surface area contributed by atoms with Gasteiger partial charge in [-0.25, -0.2) is 4.79 Å². The first-order chi connectivity index (χ1) is 7.61. The summed E-state index contributed by atoms with van der Waals surface area (Å²) in [6, 6.07) is 0. The molecule has 2 saturated carbocycles. The van der Waals surface area contributed by atoms with E-state index in [2.05, 4.69) is 6.58 Å². The third kappa shape index (κ3) is 2.29. The van der Waals surface area contributed by atoms with Gasteiger partial charge in [0.15, 0.2) is 5.44 Å². The van der Waals surface area contributed by atoms with Crippen LogP contribution in [0.3, 0.4) is 0 Å². The first-order valence-corrected chi connectivity index (χ1v) is 7.30. The Kier molecular flexibility index (Phi) is 3.63. The van der Waals surface area contributed by atoms with Crippen molar-refractivity contribution in [1.82, 2.24) is 0 Å². The van der Waals surface area contributed by atoms with E-state index in [0.717, 1.165) is 11.8 Å². The fraction of sp³-hybridized carbons (Fsp3) is 0.769. The summed E-state index contributed by atoms with van der Waals surface area (Å²) in [4.78, 5) is 11.5. The molecule has 0 heterocycles. The molecule has 4 atom stereocenters. The van der Waals surface area contributed by atoms with Crippen molar-refractivity contribution in [2.75, 3.05) is 6.26 Å². The first-order valence-electron chi connectivity index (χ1n) is 6.01. The molecule has 16 heavy (non-hydrogen) atoms. The molecule has 2 aliphatic rings. The summed E-state index contributed by atoms with van der Waals surface area (Å²) in [5.74, 6) is 2.03. The standard InChI is InChI=1S/C13H20O2S/c1-8(2)12(14)15-13(16-3)11-7-9-4-5-10(11)6-9/h9-11,13H,1,4-7H2,2-3H3. The number of fused-ring (bicyclic) bond motifs is 2. The highest BCUT2D eigenvalue weighted by Crippen LogP contribution is 2.51. The van der Waals surface area contributed by atoms with Crippen molar-refractivity contribution in [3.05, 3.63) is 12.2 Å². The van der Waals surface area contributed by atoms with Gasteiger partial charge in [-0.05, 0) is 44.3 Å². The van der Waals surface area contributed by atoms with E-state index in [1.807, 2.05) is 6.26 Å². The van der Waals surface area contributed by atoms with Crippen LogP contribution in [-0.4, -0.2) is 17.7 Å². The number of ether oxygens (including phenoxy) is 1. The molecule has 2 aliphatic carbocycles. The van der Waals surface area contributed by atoms with E-state index in [0.29, 0.717) is 11.5 Å². The zero-order valence-electron chi connectivity index (χ0n) is 10.1. The van der Waals surface area contributed by atoms with Crippen molar-refractivity contribution in [3.8, 4) is 0 Å². The van der Waals surface area contributed by atoms with Gasteiger partial charge in [0, 0.05) is 11.5 Å². The maximum atomic E-state index is 11.5. The van der Waals surface area contributed by atoms with Crippen LogP contribution in [0.25, 0.3) is 0 Å². The number of esters is 1. The minimum absolute atomic E-state index is 0.0412. The number of thioether (sulfide) groups is 1. The van der Waals surface area contributed by atoms with Crippen LogP contribution in [0.5, 0.6) is 0 Å². The van der Waals surface area contributed by atoms with Gasteiger partial charge in [0.25, 0.3) is 0 Å². The summed E-state index contributed by atoms with van der Waals surface area (Å²) < 4.78 is 5.52. The van der Waals surface area contributed by atoms with Gasteiger partial charge in [0.05, 0.1) is 0 Å². The van der Waals surface area contributed by atoms with Gasteiger partial charge >= 0.3 is 5.97 Å². The second kappa shape index (κ2) is 4.82. The van der Waals surface area contributed by atoms with Crippen LogP contribution in [0.1, 0.15) is 32.6 Å². The Morgan fingerprint density at radius 1 is 1.44 bits per heavy atom. The van der Waals surface area contributed by atoms with Crippen molar-refractivity contribution >= 4 is 17.7 Å². The fourth-order valence-electron chi connectivity index (χ4n) is 3.14. The molecule has 0 spiro atoms. The second-order valence-corrected chi connectivity index (χ2v) is 6.06. The minimum atomic E-state index is -0.234. The minimum Gasteiger partial charge on any atom is -0.448 e. The highest BCUT2D eigenvalue weighted by Gasteiger charge is 2.44. The van der Waals surface area contributed by atoms with Gasteiger partial charge in [-0.3, -0.25) is 0 Å². The Morgan fingerprint density at radius 3 is 2.62 bits per heavy atom. The molecule has 2 fully saturated rings. The van der Waals surface area contributed by atoms with E-state index in [1.165, 1.54) is 25.7 Å². The number of carbonyl (C=O) groups excluding carboxylic acids is 1. The van der Waals surface area contributed by atoms with E-state index in [-0.39, 0.29) is 11.4 Å². The monoisotopic (exact) mass is 240 g/mol. The van der Waals surface area contributed by atoms with Crippen molar-refractivity contribution in [2.45, 2.75) is 38.0 Å². The molecule has 0 amide bonds. The molecule has 0 aliphatic heterocycles. The quantitative estimate of drug-likeness (QED) is 0.429. The molecule has 2 bridgehead atoms. The third-order valence-corrected chi connectivity index (χ3v) is 4.86. The average molecular weight is 240 g/mol. The van der Waals surface area contributed by atoms with E-state index in [1.54, 1.807) is 18.7 Å². The van der Waals surface area contributed by atoms with E-state index >= 15 is 0 Å². The molecule has 2 rings (SSSR count). The SMILES string of the molecule is C=C(C)C(=O)OC(SC)C1CC2CCC1C2. The van der Waals surface area contributed by atoms with Crippen LogP contribution in [-0.2, 0) is 9.53 Å². The lowest BCUT2D eigenvalue weighted by Gasteiger charge is -2.28. The molecule has 0 aromatic carbocycles. The molecule has 4 unspecified atom stereocenters. The summed E-state index contributed by atoms with van der Waals surface area (Å²) in [5, 5.41) is 0. The lowest BCUT2D eigenvalue weighted by atomic mass is 9.89. The number of hydrogen-bond acceptors (Lipinski definition) is 3. The Bertz CT molecular complexity index is 300. The van der Waals surface area contributed by atoms with Crippen LogP contribution in [0.4, 0.5) is 0 Å². The Labute approximate surface area is 102 Å². The summed E-state index contributed by atoms with van der Waals surface area (Å²) >= 11 is 1.67. The topological polar surface area (TPSA) is 26.3 Å². The van der Waals surface area contributed by atoms with Gasteiger partial charge in [-0.1, -0.05) is 13.0 Å². The predicted octanol–water partition coefficient (Wildman–Crippen LogP) is 3.23. The molecular weight excluding hydrogens is 220 g/mol. The highest BCUT2D eigenvalue weighted by atomic mass is 32.2. The van der Waals surface area contributed by atoms with Crippen molar-refractivity contribution in [2.24, 2.45) is 17.8 Å². The summed E-state index contributed by atoms with van der Waals surface area (Å²) in [6.45, 7) is 5.34. The van der Waals surface area contributed by atoms with Gasteiger partial charge in [0.2, 0.25) is 0 Å². The number of carbonyl (C=O) groups is 1. The van der Waals surface area contributed by atoms with Gasteiger partial charge in [-0.2, -0.15) is 0 Å². The second-order valence-electron chi connectivity index (χ2n) is 5.13. The molecule has 0 aromatic heterocycles. The summed E-state index contributed by atoms with van der Waals surface area (Å²) in [6.07, 6.45) is 7.35. The van der Waals surface area contributed by atoms with E-state index < -0.39 is 0 Å². The molecule has 3 heteroatoms. The molecule has 2 nitrogen and oxygen atoms in total. The zero-order chi connectivity index (χ0) is 11.7. The van der Waals surface area contributed by atoms with Crippen molar-refractivity contribution < 1.29 is 9.53 Å². The van der Waals surface area contributed by atoms with Crippen molar-refractivity contribution in [1.29, 1.82) is 0 Å². The van der Waals surface area contributed by atoms with Crippen LogP contribution in [0, 0.1) is 17.8 Å². The molecule has 0 saturated heterocycles. The lowest BCUT2D eigenvalue weighted by molar-refractivity contribution is -0.142. The molecular formula is C13H20O2S. The maximum absolute atomic E-state index is 11.5. The van der Waals surface area contributed by atoms with E-state index in [9.17, 15) is 4.79 Å². The Hall–Kier alpha value is -0.440. The average Bonchev–Trinajstić information content (AvgIpc) is 2.86. The van der Waals surface area contributed by atoms with Gasteiger partial charge < -0.3 is 4.74 Å². The van der Waals surface area contributed by atoms with Gasteiger partial charge in [0.1, 0.15) is 0 Å². The summed E-state index contributed by atoms with van der Waals surface area (Å²) in [7, 11) is 0. The van der Waals surface area contributed by atoms with Crippen molar-refractivity contribution in [3.63, 3.8) is 0 Å². The summed E-state index contributed by atoms with van der Waals surface area (Å²) in [5.41, 5.74) is 0.543. The predicted molar refractivity (Wildman–Crippen MR) is 67.1 cm³/mol. The van der Waals surface area contributed by atoms with Crippen LogP contribution < -0.4 is 0 Å². The molecule has 0 N–H and O–H groups in total. The maximum Gasteiger partial charge on any atom is 0.334 e. The molecule has 0 radical (unpaired) electrons. The number of rotatable bonds is 4. The van der Waals surface area contributed by atoms with Crippen LogP contribution in [0.15, 0.2) is 12.2 Å². The highest BCUT2D eigenvalue weighted by molar-refractivity contribution is 7.99. The third-order valence-electron chi connectivity index (χ3n) is 3.95. The smallest absolute Gasteiger partial charge is 0.334 e. The molecule has 0 aromatic rings. The molecule has 90 valence electrons. The Balaban J connectivity index is 1.95. The zero-order valence-corrected chi connectivity index (χ0v) is 10.9. The van der Waals surface area contributed by atoms with Crippen LogP contribution >= 0.6 is 11.8 Å². The lowest BCUT2D eigenvalue weighted by Crippen LogP contribution is -2.28. The number of hydrogen-bond donors (Lipinski definition) is 0. The Morgan fingerprint density at radius 2 is 2.19 bits per heavy atom. The normalized spacial score (nSPS) is 33.8. The largest absolute Gasteiger partial charge is 0.448 e.